The Balaban J connectivity index is 1.76. The van der Waals surface area contributed by atoms with Crippen molar-refractivity contribution < 1.29 is 14.3 Å². The first kappa shape index (κ1) is 18.7. The SMILES string of the molecule is COCCNC(=O)c1cn(Cc2ccccc2)nc1OCc1ccccc1. The van der Waals surface area contributed by atoms with Crippen molar-refractivity contribution in [2.45, 2.75) is 13.2 Å². The second-order valence-electron chi connectivity index (χ2n) is 6.05. The second kappa shape index (κ2) is 9.54. The van der Waals surface area contributed by atoms with Gasteiger partial charge in [-0.2, -0.15) is 0 Å². The smallest absolute Gasteiger partial charge is 0.258 e. The van der Waals surface area contributed by atoms with Gasteiger partial charge < -0.3 is 14.8 Å². The maximum absolute atomic E-state index is 12.5. The van der Waals surface area contributed by atoms with Gasteiger partial charge in [0.25, 0.3) is 5.91 Å². The number of hydrogen-bond donors (Lipinski definition) is 1. The Morgan fingerprint density at radius 1 is 1.04 bits per heavy atom. The molecule has 0 unspecified atom stereocenters. The molecule has 0 aliphatic rings. The number of rotatable bonds is 9. The fraction of sp³-hybridized carbons (Fsp3) is 0.238. The summed E-state index contributed by atoms with van der Waals surface area (Å²) >= 11 is 0. The molecule has 1 N–H and O–H groups in total. The first-order valence-electron chi connectivity index (χ1n) is 8.81. The fourth-order valence-corrected chi connectivity index (χ4v) is 2.61. The molecule has 2 aromatic carbocycles. The number of benzene rings is 2. The number of amides is 1. The number of ether oxygens (including phenoxy) is 2. The Morgan fingerprint density at radius 2 is 1.70 bits per heavy atom. The minimum absolute atomic E-state index is 0.227. The maximum atomic E-state index is 12.5. The summed E-state index contributed by atoms with van der Waals surface area (Å²) in [5, 5.41) is 7.29. The van der Waals surface area contributed by atoms with Gasteiger partial charge in [0.05, 0.1) is 13.2 Å². The molecular weight excluding hydrogens is 342 g/mol. The molecule has 0 bridgehead atoms. The molecule has 1 amide bonds. The third-order valence-corrected chi connectivity index (χ3v) is 3.97. The Morgan fingerprint density at radius 3 is 2.37 bits per heavy atom. The minimum atomic E-state index is -0.227. The summed E-state index contributed by atoms with van der Waals surface area (Å²) < 4.78 is 12.5. The van der Waals surface area contributed by atoms with Crippen LogP contribution < -0.4 is 10.1 Å². The van der Waals surface area contributed by atoms with Gasteiger partial charge in [0.1, 0.15) is 12.2 Å². The van der Waals surface area contributed by atoms with Crippen molar-refractivity contribution in [2.24, 2.45) is 0 Å². The van der Waals surface area contributed by atoms with Crippen LogP contribution in [0.2, 0.25) is 0 Å². The van der Waals surface area contributed by atoms with E-state index in [9.17, 15) is 4.79 Å². The minimum Gasteiger partial charge on any atom is -0.471 e. The number of methoxy groups -OCH3 is 1. The molecule has 140 valence electrons. The van der Waals surface area contributed by atoms with E-state index in [-0.39, 0.29) is 5.91 Å². The first-order valence-corrected chi connectivity index (χ1v) is 8.81. The van der Waals surface area contributed by atoms with Gasteiger partial charge in [0, 0.05) is 19.9 Å². The van der Waals surface area contributed by atoms with Crippen molar-refractivity contribution >= 4 is 5.91 Å². The fourth-order valence-electron chi connectivity index (χ4n) is 2.61. The van der Waals surface area contributed by atoms with E-state index in [1.165, 1.54) is 0 Å². The third-order valence-electron chi connectivity index (χ3n) is 3.97. The van der Waals surface area contributed by atoms with Crippen molar-refractivity contribution in [3.8, 4) is 5.88 Å². The van der Waals surface area contributed by atoms with E-state index in [1.54, 1.807) is 18.0 Å². The van der Waals surface area contributed by atoms with E-state index in [2.05, 4.69) is 10.4 Å². The molecule has 3 rings (SSSR count). The Bertz CT molecular complexity index is 848. The lowest BCUT2D eigenvalue weighted by atomic mass is 10.2. The molecule has 1 heterocycles. The van der Waals surface area contributed by atoms with Crippen LogP contribution >= 0.6 is 0 Å². The second-order valence-corrected chi connectivity index (χ2v) is 6.05. The van der Waals surface area contributed by atoms with Gasteiger partial charge in [-0.05, 0) is 11.1 Å². The molecule has 6 nitrogen and oxygen atoms in total. The van der Waals surface area contributed by atoms with Gasteiger partial charge in [0.15, 0.2) is 0 Å². The van der Waals surface area contributed by atoms with Crippen molar-refractivity contribution in [2.75, 3.05) is 20.3 Å². The van der Waals surface area contributed by atoms with Gasteiger partial charge in [-0.3, -0.25) is 9.48 Å². The lowest BCUT2D eigenvalue weighted by Gasteiger charge is -2.06. The summed E-state index contributed by atoms with van der Waals surface area (Å²) in [4.78, 5) is 12.5. The number of carbonyl (C=O) groups is 1. The van der Waals surface area contributed by atoms with Crippen LogP contribution in [0.4, 0.5) is 0 Å². The lowest BCUT2D eigenvalue weighted by molar-refractivity contribution is 0.0932. The summed E-state index contributed by atoms with van der Waals surface area (Å²) in [6.45, 7) is 1.79. The van der Waals surface area contributed by atoms with Crippen LogP contribution in [-0.2, 0) is 17.9 Å². The molecule has 0 saturated heterocycles. The number of aromatic nitrogens is 2. The average molecular weight is 365 g/mol. The van der Waals surface area contributed by atoms with E-state index < -0.39 is 0 Å². The molecule has 0 spiro atoms. The standard InChI is InChI=1S/C21H23N3O3/c1-26-13-12-22-20(25)19-15-24(14-17-8-4-2-5-9-17)23-21(19)27-16-18-10-6-3-7-11-18/h2-11,15H,12-14,16H2,1H3,(H,22,25). The number of carbonyl (C=O) groups excluding carboxylic acids is 1. The molecule has 3 aromatic rings. The molecule has 0 radical (unpaired) electrons. The molecule has 6 heteroatoms. The van der Waals surface area contributed by atoms with Crippen LogP contribution in [0.5, 0.6) is 5.88 Å². The molecule has 0 aliphatic heterocycles. The Labute approximate surface area is 158 Å². The van der Waals surface area contributed by atoms with E-state index >= 15 is 0 Å². The molecule has 0 saturated carbocycles. The van der Waals surface area contributed by atoms with E-state index in [4.69, 9.17) is 9.47 Å². The van der Waals surface area contributed by atoms with Gasteiger partial charge in [-0.1, -0.05) is 60.7 Å². The molecule has 27 heavy (non-hydrogen) atoms. The lowest BCUT2D eigenvalue weighted by Crippen LogP contribution is -2.27. The summed E-state index contributed by atoms with van der Waals surface area (Å²) in [5.41, 5.74) is 2.53. The number of nitrogens with one attached hydrogen (secondary N) is 1. The van der Waals surface area contributed by atoms with Crippen LogP contribution in [0, 0.1) is 0 Å². The quantitative estimate of drug-likeness (QED) is 0.592. The van der Waals surface area contributed by atoms with Gasteiger partial charge >= 0.3 is 0 Å². The van der Waals surface area contributed by atoms with Crippen molar-refractivity contribution in [3.05, 3.63) is 83.6 Å². The number of hydrogen-bond acceptors (Lipinski definition) is 4. The molecule has 0 aliphatic carbocycles. The molecule has 0 atom stereocenters. The van der Waals surface area contributed by atoms with Crippen molar-refractivity contribution in [1.29, 1.82) is 0 Å². The van der Waals surface area contributed by atoms with Crippen LogP contribution in [0.25, 0.3) is 0 Å². The van der Waals surface area contributed by atoms with Gasteiger partial charge in [-0.15, -0.1) is 5.10 Å². The monoisotopic (exact) mass is 365 g/mol. The van der Waals surface area contributed by atoms with Crippen LogP contribution in [0.15, 0.2) is 66.9 Å². The summed E-state index contributed by atoms with van der Waals surface area (Å²) in [5.74, 6) is 0.0964. The predicted octanol–water partition coefficient (Wildman–Crippen LogP) is 2.89. The zero-order valence-electron chi connectivity index (χ0n) is 15.3. The highest BCUT2D eigenvalue weighted by atomic mass is 16.5. The highest BCUT2D eigenvalue weighted by molar-refractivity contribution is 5.96. The number of nitrogens with zero attached hydrogens (tertiary/aromatic N) is 2. The third kappa shape index (κ3) is 5.43. The first-order chi connectivity index (χ1) is 13.3. The maximum Gasteiger partial charge on any atom is 0.258 e. The summed E-state index contributed by atoms with van der Waals surface area (Å²) in [6.07, 6.45) is 1.72. The molecule has 1 aromatic heterocycles. The largest absolute Gasteiger partial charge is 0.471 e. The molecular formula is C21H23N3O3. The topological polar surface area (TPSA) is 65.4 Å². The predicted molar refractivity (Wildman–Crippen MR) is 103 cm³/mol. The molecule has 0 fully saturated rings. The Kier molecular flexibility index (Phi) is 6.60. The van der Waals surface area contributed by atoms with E-state index in [0.29, 0.717) is 37.7 Å². The highest BCUT2D eigenvalue weighted by Crippen LogP contribution is 2.18. The van der Waals surface area contributed by atoms with Gasteiger partial charge in [-0.25, -0.2) is 0 Å². The Hall–Kier alpha value is -3.12. The summed E-state index contributed by atoms with van der Waals surface area (Å²) in [6, 6.07) is 19.8. The normalized spacial score (nSPS) is 10.6. The van der Waals surface area contributed by atoms with Crippen LogP contribution in [0.3, 0.4) is 0 Å². The van der Waals surface area contributed by atoms with Crippen LogP contribution in [0.1, 0.15) is 21.5 Å². The van der Waals surface area contributed by atoms with Crippen molar-refractivity contribution in [1.82, 2.24) is 15.1 Å². The van der Waals surface area contributed by atoms with Crippen molar-refractivity contribution in [3.63, 3.8) is 0 Å². The van der Waals surface area contributed by atoms with Crippen LogP contribution in [-0.4, -0.2) is 35.9 Å². The van der Waals surface area contributed by atoms with E-state index in [1.807, 2.05) is 60.7 Å². The summed E-state index contributed by atoms with van der Waals surface area (Å²) in [7, 11) is 1.60. The zero-order valence-corrected chi connectivity index (χ0v) is 15.3. The van der Waals surface area contributed by atoms with Gasteiger partial charge in [0.2, 0.25) is 5.88 Å². The highest BCUT2D eigenvalue weighted by Gasteiger charge is 2.18. The average Bonchev–Trinajstić information content (AvgIpc) is 3.11. The van der Waals surface area contributed by atoms with E-state index in [0.717, 1.165) is 11.1 Å². The zero-order chi connectivity index (χ0) is 18.9.